The molecular weight excluding hydrogens is 243 g/mol. The Balaban J connectivity index is 1.81. The molecule has 3 nitrogen and oxygen atoms in total. The smallest absolute Gasteiger partial charge is 0.231 e. The van der Waals surface area contributed by atoms with Gasteiger partial charge in [0.2, 0.25) is 11.9 Å². The van der Waals surface area contributed by atoms with Crippen molar-refractivity contribution >= 4 is 11.6 Å². The molecule has 1 aliphatic rings. The van der Waals surface area contributed by atoms with E-state index in [2.05, 4.69) is 4.98 Å². The number of benzene rings is 1. The van der Waals surface area contributed by atoms with Crippen LogP contribution in [0.2, 0.25) is 0 Å². The fraction of sp³-hybridized carbons (Fsp3) is 0.200. The molecule has 1 aromatic heterocycles. The van der Waals surface area contributed by atoms with Gasteiger partial charge in [0.25, 0.3) is 0 Å². The van der Waals surface area contributed by atoms with Crippen LogP contribution in [0, 0.1) is 5.95 Å². The van der Waals surface area contributed by atoms with E-state index >= 15 is 0 Å². The summed E-state index contributed by atoms with van der Waals surface area (Å²) in [4.78, 5) is 17.6. The van der Waals surface area contributed by atoms with Gasteiger partial charge in [-0.25, -0.2) is 4.98 Å². The Morgan fingerprint density at radius 2 is 2.11 bits per heavy atom. The molecule has 0 bridgehead atoms. The zero-order chi connectivity index (χ0) is 13.2. The van der Waals surface area contributed by atoms with E-state index in [0.29, 0.717) is 12.1 Å². The zero-order valence-electron chi connectivity index (χ0n) is 10.3. The van der Waals surface area contributed by atoms with Gasteiger partial charge in [-0.2, -0.15) is 4.39 Å². The molecule has 1 aliphatic heterocycles. The van der Waals surface area contributed by atoms with E-state index in [1.807, 2.05) is 24.3 Å². The number of rotatable bonds is 2. The Morgan fingerprint density at radius 1 is 1.26 bits per heavy atom. The predicted molar refractivity (Wildman–Crippen MR) is 70.4 cm³/mol. The summed E-state index contributed by atoms with van der Waals surface area (Å²) in [5.74, 6) is -0.653. The van der Waals surface area contributed by atoms with Crippen LogP contribution in [0.15, 0.2) is 42.6 Å². The van der Waals surface area contributed by atoms with Crippen molar-refractivity contribution in [2.24, 2.45) is 0 Å². The summed E-state index contributed by atoms with van der Waals surface area (Å²) in [7, 11) is 0. The van der Waals surface area contributed by atoms with Gasteiger partial charge >= 0.3 is 0 Å². The van der Waals surface area contributed by atoms with Gasteiger partial charge in [-0.3, -0.25) is 4.79 Å². The van der Waals surface area contributed by atoms with Gasteiger partial charge in [-0.15, -0.1) is 0 Å². The molecule has 2 heterocycles. The molecule has 96 valence electrons. The first kappa shape index (κ1) is 11.8. The monoisotopic (exact) mass is 256 g/mol. The fourth-order valence-corrected chi connectivity index (χ4v) is 2.41. The van der Waals surface area contributed by atoms with Crippen LogP contribution in [0.25, 0.3) is 0 Å². The van der Waals surface area contributed by atoms with Crippen LogP contribution >= 0.6 is 0 Å². The Labute approximate surface area is 110 Å². The van der Waals surface area contributed by atoms with Crippen LogP contribution in [0.1, 0.15) is 11.1 Å². The number of para-hydroxylation sites is 1. The highest BCUT2D eigenvalue weighted by atomic mass is 19.1. The number of hydrogen-bond donors (Lipinski definition) is 0. The van der Waals surface area contributed by atoms with Crippen LogP contribution in [-0.2, 0) is 17.6 Å². The quantitative estimate of drug-likeness (QED) is 0.773. The molecule has 0 aliphatic carbocycles. The SMILES string of the molecule is O=C(Cc1cccnc1F)N1CCc2ccccc21. The molecule has 4 heteroatoms. The first-order valence-electron chi connectivity index (χ1n) is 6.23. The van der Waals surface area contributed by atoms with Crippen molar-refractivity contribution in [3.63, 3.8) is 0 Å². The number of nitrogens with zero attached hydrogens (tertiary/aromatic N) is 2. The summed E-state index contributed by atoms with van der Waals surface area (Å²) >= 11 is 0. The molecule has 19 heavy (non-hydrogen) atoms. The van der Waals surface area contributed by atoms with Crippen molar-refractivity contribution in [1.29, 1.82) is 0 Å². The lowest BCUT2D eigenvalue weighted by Gasteiger charge is -2.17. The molecule has 3 rings (SSSR count). The van der Waals surface area contributed by atoms with E-state index in [1.165, 1.54) is 11.8 Å². The fourth-order valence-electron chi connectivity index (χ4n) is 2.41. The van der Waals surface area contributed by atoms with Crippen LogP contribution in [0.3, 0.4) is 0 Å². The van der Waals surface area contributed by atoms with Gasteiger partial charge < -0.3 is 4.90 Å². The molecule has 0 saturated carbocycles. The average Bonchev–Trinajstić information content (AvgIpc) is 2.85. The maximum atomic E-state index is 13.5. The predicted octanol–water partition coefficient (Wildman–Crippen LogP) is 2.35. The number of pyridine rings is 1. The van der Waals surface area contributed by atoms with Crippen molar-refractivity contribution in [3.8, 4) is 0 Å². The highest BCUT2D eigenvalue weighted by Gasteiger charge is 2.24. The first-order chi connectivity index (χ1) is 9.25. The Morgan fingerprint density at radius 3 is 2.95 bits per heavy atom. The molecule has 0 unspecified atom stereocenters. The maximum absolute atomic E-state index is 13.5. The van der Waals surface area contributed by atoms with Gasteiger partial charge in [0.15, 0.2) is 0 Å². The van der Waals surface area contributed by atoms with Crippen molar-refractivity contribution in [3.05, 3.63) is 59.7 Å². The topological polar surface area (TPSA) is 33.2 Å². The van der Waals surface area contributed by atoms with Crippen molar-refractivity contribution in [2.45, 2.75) is 12.8 Å². The molecule has 0 atom stereocenters. The summed E-state index contributed by atoms with van der Waals surface area (Å²) in [6.45, 7) is 0.667. The van der Waals surface area contributed by atoms with Crippen molar-refractivity contribution < 1.29 is 9.18 Å². The number of carbonyl (C=O) groups excluding carboxylic acids is 1. The lowest BCUT2D eigenvalue weighted by atomic mass is 10.1. The second-order valence-electron chi connectivity index (χ2n) is 4.55. The summed E-state index contributed by atoms with van der Waals surface area (Å²) in [6.07, 6.45) is 2.29. The van der Waals surface area contributed by atoms with Crippen LogP contribution < -0.4 is 4.90 Å². The molecule has 0 saturated heterocycles. The zero-order valence-corrected chi connectivity index (χ0v) is 10.3. The van der Waals surface area contributed by atoms with Gasteiger partial charge in [-0.05, 0) is 24.1 Å². The second kappa shape index (κ2) is 4.80. The van der Waals surface area contributed by atoms with Gasteiger partial charge in [0.05, 0.1) is 6.42 Å². The van der Waals surface area contributed by atoms with Gasteiger partial charge in [0.1, 0.15) is 0 Å². The normalized spacial score (nSPS) is 13.4. The van der Waals surface area contributed by atoms with Crippen molar-refractivity contribution in [1.82, 2.24) is 4.98 Å². The summed E-state index contributed by atoms with van der Waals surface area (Å²) in [6, 6.07) is 11.1. The maximum Gasteiger partial charge on any atom is 0.231 e. The van der Waals surface area contributed by atoms with E-state index in [4.69, 9.17) is 0 Å². The molecule has 0 radical (unpaired) electrons. The Kier molecular flexibility index (Phi) is 2.99. The lowest BCUT2D eigenvalue weighted by molar-refractivity contribution is -0.117. The van der Waals surface area contributed by atoms with E-state index in [9.17, 15) is 9.18 Å². The highest BCUT2D eigenvalue weighted by molar-refractivity contribution is 5.96. The third kappa shape index (κ3) is 2.21. The number of amides is 1. The van der Waals surface area contributed by atoms with E-state index in [-0.39, 0.29) is 12.3 Å². The summed E-state index contributed by atoms with van der Waals surface area (Å²) in [5.41, 5.74) is 2.45. The first-order valence-corrected chi connectivity index (χ1v) is 6.23. The standard InChI is InChI=1S/C15H13FN2O/c16-15-12(5-3-8-17-15)10-14(19)18-9-7-11-4-1-2-6-13(11)18/h1-6,8H,7,9-10H2. The highest BCUT2D eigenvalue weighted by Crippen LogP contribution is 2.28. The van der Waals surface area contributed by atoms with Crippen LogP contribution in [0.5, 0.6) is 0 Å². The van der Waals surface area contributed by atoms with Crippen LogP contribution in [0.4, 0.5) is 10.1 Å². The second-order valence-corrected chi connectivity index (χ2v) is 4.55. The number of anilines is 1. The molecule has 0 spiro atoms. The third-order valence-corrected chi connectivity index (χ3v) is 3.37. The number of carbonyl (C=O) groups is 1. The molecule has 1 amide bonds. The van der Waals surface area contributed by atoms with E-state index in [0.717, 1.165) is 12.1 Å². The lowest BCUT2D eigenvalue weighted by Crippen LogP contribution is -2.30. The minimum atomic E-state index is -0.566. The molecule has 0 fully saturated rings. The van der Waals surface area contributed by atoms with E-state index in [1.54, 1.807) is 17.0 Å². The van der Waals surface area contributed by atoms with Crippen LogP contribution in [-0.4, -0.2) is 17.4 Å². The number of fused-ring (bicyclic) bond motifs is 1. The summed E-state index contributed by atoms with van der Waals surface area (Å²) in [5, 5.41) is 0. The van der Waals surface area contributed by atoms with E-state index < -0.39 is 5.95 Å². The Bertz CT molecular complexity index is 627. The van der Waals surface area contributed by atoms with Crippen molar-refractivity contribution in [2.75, 3.05) is 11.4 Å². The van der Waals surface area contributed by atoms with Gasteiger partial charge in [-0.1, -0.05) is 24.3 Å². The Hall–Kier alpha value is -2.23. The third-order valence-electron chi connectivity index (χ3n) is 3.37. The average molecular weight is 256 g/mol. The summed E-state index contributed by atoms with van der Waals surface area (Å²) < 4.78 is 13.5. The molecule has 2 aromatic rings. The molecule has 0 N–H and O–H groups in total. The number of halogens is 1. The minimum absolute atomic E-state index is 0.0496. The van der Waals surface area contributed by atoms with Gasteiger partial charge in [0, 0.05) is 24.0 Å². The molecule has 1 aromatic carbocycles. The number of aromatic nitrogens is 1. The largest absolute Gasteiger partial charge is 0.312 e. The molecular formula is C15H13FN2O. The minimum Gasteiger partial charge on any atom is -0.312 e. The number of hydrogen-bond acceptors (Lipinski definition) is 2.